The van der Waals surface area contributed by atoms with Gasteiger partial charge in [0.2, 0.25) is 0 Å². The van der Waals surface area contributed by atoms with Gasteiger partial charge in [-0.25, -0.2) is 4.99 Å². The van der Waals surface area contributed by atoms with Crippen LogP contribution in [0.3, 0.4) is 0 Å². The van der Waals surface area contributed by atoms with Gasteiger partial charge in [-0.05, 0) is 36.4 Å². The third-order valence-electron chi connectivity index (χ3n) is 2.10. The summed E-state index contributed by atoms with van der Waals surface area (Å²) in [6.07, 6.45) is 1.97. The molecule has 3 heteroatoms. The quantitative estimate of drug-likeness (QED) is 0.701. The van der Waals surface area contributed by atoms with Gasteiger partial charge >= 0.3 is 0 Å². The van der Waals surface area contributed by atoms with E-state index in [4.69, 9.17) is 11.6 Å². The number of aromatic nitrogens is 1. The molecule has 0 radical (unpaired) electrons. The molecule has 0 saturated heterocycles. The predicted octanol–water partition coefficient (Wildman–Crippen LogP) is 2.91. The minimum atomic E-state index is 0.728. The van der Waals surface area contributed by atoms with Crippen molar-refractivity contribution >= 4 is 17.3 Å². The van der Waals surface area contributed by atoms with Crippen molar-refractivity contribution in [3.05, 3.63) is 59.2 Å². The number of aryl methyl sites for hydroxylation is 1. The molecule has 15 heavy (non-hydrogen) atoms. The van der Waals surface area contributed by atoms with Crippen LogP contribution in [0.5, 0.6) is 0 Å². The minimum absolute atomic E-state index is 0.728. The number of benzene rings is 1. The van der Waals surface area contributed by atoms with Gasteiger partial charge in [0.1, 0.15) is 5.49 Å². The largest absolute Gasteiger partial charge is 0.336 e. The summed E-state index contributed by atoms with van der Waals surface area (Å²) in [6.45, 7) is 0. The van der Waals surface area contributed by atoms with Gasteiger partial charge < -0.3 is 4.57 Å². The van der Waals surface area contributed by atoms with Gasteiger partial charge in [0.05, 0.1) is 5.69 Å². The van der Waals surface area contributed by atoms with Crippen LogP contribution in [0.15, 0.2) is 53.7 Å². The highest BCUT2D eigenvalue weighted by Crippen LogP contribution is 2.15. The number of halogens is 1. The van der Waals surface area contributed by atoms with E-state index in [9.17, 15) is 0 Å². The van der Waals surface area contributed by atoms with Crippen LogP contribution in [0.2, 0.25) is 5.02 Å². The summed E-state index contributed by atoms with van der Waals surface area (Å²) in [5.74, 6) is 0. The van der Waals surface area contributed by atoms with Gasteiger partial charge in [-0.15, -0.1) is 0 Å². The number of nitrogens with zero attached hydrogens (tertiary/aromatic N) is 2. The standard InChI is InChI=1S/C12H11ClN2/c1-15-9-3-2-4-12(15)14-11-7-5-10(13)6-8-11/h2-9H,1H3. The van der Waals surface area contributed by atoms with E-state index in [1.165, 1.54) is 0 Å². The van der Waals surface area contributed by atoms with Gasteiger partial charge in [-0.1, -0.05) is 17.7 Å². The van der Waals surface area contributed by atoms with Crippen LogP contribution < -0.4 is 5.49 Å². The van der Waals surface area contributed by atoms with Crippen LogP contribution in [-0.4, -0.2) is 4.57 Å². The summed E-state index contributed by atoms with van der Waals surface area (Å²) in [7, 11) is 1.97. The topological polar surface area (TPSA) is 17.3 Å². The first-order chi connectivity index (χ1) is 7.25. The molecule has 0 saturated carbocycles. The van der Waals surface area contributed by atoms with Crippen LogP contribution >= 0.6 is 11.6 Å². The van der Waals surface area contributed by atoms with E-state index in [1.807, 2.05) is 60.3 Å². The summed E-state index contributed by atoms with van der Waals surface area (Å²) in [5, 5.41) is 0.728. The third-order valence-corrected chi connectivity index (χ3v) is 2.35. The molecule has 76 valence electrons. The highest BCUT2D eigenvalue weighted by Gasteiger charge is 1.90. The summed E-state index contributed by atoms with van der Waals surface area (Å²) >= 11 is 5.80. The molecule has 0 aliphatic carbocycles. The average molecular weight is 219 g/mol. The molecule has 0 atom stereocenters. The Morgan fingerprint density at radius 2 is 1.80 bits per heavy atom. The van der Waals surface area contributed by atoms with Crippen LogP contribution in [-0.2, 0) is 7.05 Å². The van der Waals surface area contributed by atoms with Gasteiger partial charge in [0.25, 0.3) is 0 Å². The number of rotatable bonds is 1. The fourth-order valence-corrected chi connectivity index (χ4v) is 1.40. The lowest BCUT2D eigenvalue weighted by Gasteiger charge is -1.98. The van der Waals surface area contributed by atoms with Crippen LogP contribution in [0.4, 0.5) is 5.69 Å². The lowest BCUT2D eigenvalue weighted by atomic mass is 10.3. The van der Waals surface area contributed by atoms with Crippen molar-refractivity contribution in [2.24, 2.45) is 12.0 Å². The maximum atomic E-state index is 5.80. The molecule has 0 bridgehead atoms. The molecule has 0 N–H and O–H groups in total. The van der Waals surface area contributed by atoms with Gasteiger partial charge in [-0.3, -0.25) is 0 Å². The monoisotopic (exact) mass is 218 g/mol. The van der Waals surface area contributed by atoms with Crippen LogP contribution in [0, 0.1) is 0 Å². The third kappa shape index (κ3) is 2.48. The Morgan fingerprint density at radius 3 is 2.47 bits per heavy atom. The zero-order valence-electron chi connectivity index (χ0n) is 8.39. The van der Waals surface area contributed by atoms with Gasteiger partial charge in [0.15, 0.2) is 0 Å². The number of hydrogen-bond donors (Lipinski definition) is 0. The van der Waals surface area contributed by atoms with Crippen molar-refractivity contribution in [2.75, 3.05) is 0 Å². The second-order valence-corrected chi connectivity index (χ2v) is 3.69. The van der Waals surface area contributed by atoms with E-state index < -0.39 is 0 Å². The zero-order chi connectivity index (χ0) is 10.7. The molecule has 0 amide bonds. The average Bonchev–Trinajstić information content (AvgIpc) is 2.25. The molecule has 2 nitrogen and oxygen atoms in total. The summed E-state index contributed by atoms with van der Waals surface area (Å²) in [6, 6.07) is 13.4. The molecule has 2 rings (SSSR count). The molecule has 0 aliphatic rings. The second kappa shape index (κ2) is 4.32. The van der Waals surface area contributed by atoms with Crippen molar-refractivity contribution < 1.29 is 0 Å². The molecule has 0 aliphatic heterocycles. The fraction of sp³-hybridized carbons (Fsp3) is 0.0833. The maximum Gasteiger partial charge on any atom is 0.132 e. The fourth-order valence-electron chi connectivity index (χ4n) is 1.28. The van der Waals surface area contributed by atoms with Crippen LogP contribution in [0.1, 0.15) is 0 Å². The Bertz CT molecular complexity index is 512. The lowest BCUT2D eigenvalue weighted by molar-refractivity contribution is 0.835. The molecule has 0 unspecified atom stereocenters. The Labute approximate surface area is 93.5 Å². The molecule has 2 aromatic rings. The van der Waals surface area contributed by atoms with Crippen molar-refractivity contribution in [2.45, 2.75) is 0 Å². The van der Waals surface area contributed by atoms with Crippen molar-refractivity contribution in [3.8, 4) is 0 Å². The number of hydrogen-bond acceptors (Lipinski definition) is 1. The normalized spacial score (nSPS) is 11.7. The smallest absolute Gasteiger partial charge is 0.132 e. The van der Waals surface area contributed by atoms with E-state index >= 15 is 0 Å². The highest BCUT2D eigenvalue weighted by atomic mass is 35.5. The maximum absolute atomic E-state index is 5.80. The van der Waals surface area contributed by atoms with E-state index in [0.29, 0.717) is 0 Å². The predicted molar refractivity (Wildman–Crippen MR) is 62.1 cm³/mol. The Hall–Kier alpha value is -1.54. The first-order valence-electron chi connectivity index (χ1n) is 4.68. The molecule has 0 fully saturated rings. The Kier molecular flexibility index (Phi) is 2.88. The van der Waals surface area contributed by atoms with Crippen molar-refractivity contribution in [3.63, 3.8) is 0 Å². The van der Waals surface area contributed by atoms with Crippen molar-refractivity contribution in [1.82, 2.24) is 4.57 Å². The molecule has 1 aromatic carbocycles. The molecular formula is C12H11ClN2. The molecular weight excluding hydrogens is 208 g/mol. The van der Waals surface area contributed by atoms with Crippen LogP contribution in [0.25, 0.3) is 0 Å². The SMILES string of the molecule is Cn1ccccc1=Nc1ccc(Cl)cc1. The summed E-state index contributed by atoms with van der Waals surface area (Å²) in [4.78, 5) is 4.49. The summed E-state index contributed by atoms with van der Waals surface area (Å²) in [5.41, 5.74) is 1.82. The van der Waals surface area contributed by atoms with E-state index in [2.05, 4.69) is 4.99 Å². The van der Waals surface area contributed by atoms with Gasteiger partial charge in [-0.2, -0.15) is 0 Å². The minimum Gasteiger partial charge on any atom is -0.336 e. The van der Waals surface area contributed by atoms with E-state index in [1.54, 1.807) is 0 Å². The molecule has 1 aromatic heterocycles. The lowest BCUT2D eigenvalue weighted by Crippen LogP contribution is -2.15. The Balaban J connectivity index is 2.47. The first kappa shape index (κ1) is 9.99. The highest BCUT2D eigenvalue weighted by molar-refractivity contribution is 6.30. The van der Waals surface area contributed by atoms with E-state index in [-0.39, 0.29) is 0 Å². The number of pyridine rings is 1. The Morgan fingerprint density at radius 1 is 1.07 bits per heavy atom. The second-order valence-electron chi connectivity index (χ2n) is 3.26. The zero-order valence-corrected chi connectivity index (χ0v) is 9.15. The first-order valence-corrected chi connectivity index (χ1v) is 5.05. The molecule has 0 spiro atoms. The van der Waals surface area contributed by atoms with Gasteiger partial charge in [0, 0.05) is 18.3 Å². The molecule has 1 heterocycles. The van der Waals surface area contributed by atoms with Crippen molar-refractivity contribution in [1.29, 1.82) is 0 Å². The van der Waals surface area contributed by atoms with E-state index in [0.717, 1.165) is 16.2 Å². The summed E-state index contributed by atoms with van der Waals surface area (Å²) < 4.78 is 1.97.